The molecule has 0 saturated heterocycles. The van der Waals surface area contributed by atoms with E-state index in [-0.39, 0.29) is 11.4 Å². The molecule has 0 aliphatic carbocycles. The largest absolute Gasteiger partial charge is 0.497 e. The van der Waals surface area contributed by atoms with Gasteiger partial charge < -0.3 is 9.64 Å². The molecule has 3 nitrogen and oxygen atoms in total. The molecule has 1 aliphatic rings. The number of ether oxygens (including phenoxy) is 1. The van der Waals surface area contributed by atoms with Crippen LogP contribution in [0.25, 0.3) is 11.8 Å². The monoisotopic (exact) mass is 307 g/mol. The van der Waals surface area contributed by atoms with Crippen LogP contribution in [0, 0.1) is 0 Å². The smallest absolute Gasteiger partial charge is 0.259 e. The Labute approximate surface area is 137 Å². The van der Waals surface area contributed by atoms with Crippen LogP contribution >= 0.6 is 0 Å². The van der Waals surface area contributed by atoms with E-state index in [2.05, 4.69) is 26.8 Å². The van der Waals surface area contributed by atoms with Crippen molar-refractivity contribution < 1.29 is 9.53 Å². The second-order valence-corrected chi connectivity index (χ2v) is 6.66. The fourth-order valence-electron chi connectivity index (χ4n) is 2.91. The molecule has 3 rings (SSSR count). The molecule has 0 radical (unpaired) electrons. The number of benzene rings is 2. The Hall–Kier alpha value is -2.55. The third kappa shape index (κ3) is 2.74. The lowest BCUT2D eigenvalue weighted by Gasteiger charge is -2.33. The van der Waals surface area contributed by atoms with E-state index in [4.69, 9.17) is 4.74 Å². The van der Waals surface area contributed by atoms with E-state index in [1.54, 1.807) is 7.11 Å². The Morgan fingerprint density at radius 2 is 1.57 bits per heavy atom. The SMILES string of the molecule is COc1ccc(/C=C2\c3ccccc3C(=O)N2C(C)(C)C)cc1. The van der Waals surface area contributed by atoms with Crippen LogP contribution < -0.4 is 4.74 Å². The lowest BCUT2D eigenvalue weighted by Crippen LogP contribution is -2.40. The van der Waals surface area contributed by atoms with E-state index in [0.29, 0.717) is 0 Å². The Balaban J connectivity index is 2.12. The molecule has 118 valence electrons. The van der Waals surface area contributed by atoms with Gasteiger partial charge in [0.2, 0.25) is 0 Å². The van der Waals surface area contributed by atoms with E-state index >= 15 is 0 Å². The lowest BCUT2D eigenvalue weighted by molar-refractivity contribution is 0.0750. The number of carbonyl (C=O) groups excluding carboxylic acids is 1. The van der Waals surface area contributed by atoms with Crippen LogP contribution in [0.2, 0.25) is 0 Å². The third-order valence-corrected chi connectivity index (χ3v) is 3.97. The third-order valence-electron chi connectivity index (χ3n) is 3.97. The van der Waals surface area contributed by atoms with Crippen molar-refractivity contribution in [2.24, 2.45) is 0 Å². The molecule has 1 amide bonds. The summed E-state index contributed by atoms with van der Waals surface area (Å²) >= 11 is 0. The van der Waals surface area contributed by atoms with E-state index in [1.165, 1.54) is 0 Å². The topological polar surface area (TPSA) is 29.5 Å². The highest BCUT2D eigenvalue weighted by Gasteiger charge is 2.38. The zero-order valence-electron chi connectivity index (χ0n) is 14.0. The molecule has 23 heavy (non-hydrogen) atoms. The van der Waals surface area contributed by atoms with Crippen molar-refractivity contribution in [2.75, 3.05) is 7.11 Å². The quantitative estimate of drug-likeness (QED) is 0.820. The van der Waals surface area contributed by atoms with Crippen LogP contribution in [-0.2, 0) is 0 Å². The van der Waals surface area contributed by atoms with Crippen molar-refractivity contribution >= 4 is 17.7 Å². The summed E-state index contributed by atoms with van der Waals surface area (Å²) in [5, 5.41) is 0. The minimum atomic E-state index is -0.283. The highest BCUT2D eigenvalue weighted by molar-refractivity contribution is 6.12. The van der Waals surface area contributed by atoms with Crippen LogP contribution in [0.5, 0.6) is 5.75 Å². The van der Waals surface area contributed by atoms with Gasteiger partial charge >= 0.3 is 0 Å². The average molecular weight is 307 g/mol. The van der Waals surface area contributed by atoms with Crippen molar-refractivity contribution in [3.8, 4) is 5.75 Å². The predicted octanol–water partition coefficient (Wildman–Crippen LogP) is 4.45. The predicted molar refractivity (Wildman–Crippen MR) is 93.2 cm³/mol. The van der Waals surface area contributed by atoms with E-state index < -0.39 is 0 Å². The van der Waals surface area contributed by atoms with Crippen molar-refractivity contribution in [1.82, 2.24) is 4.90 Å². The number of carbonyl (C=O) groups is 1. The molecule has 0 bridgehead atoms. The van der Waals surface area contributed by atoms with Crippen molar-refractivity contribution in [1.29, 1.82) is 0 Å². The molecule has 0 fully saturated rings. The van der Waals surface area contributed by atoms with Crippen LogP contribution in [0.15, 0.2) is 48.5 Å². The minimum Gasteiger partial charge on any atom is -0.497 e. The van der Waals surface area contributed by atoms with Crippen LogP contribution in [0.1, 0.15) is 42.3 Å². The Bertz CT molecular complexity index is 767. The summed E-state index contributed by atoms with van der Waals surface area (Å²) < 4.78 is 5.20. The van der Waals surface area contributed by atoms with Gasteiger partial charge in [-0.1, -0.05) is 30.3 Å². The molecular formula is C20H21NO2. The number of rotatable bonds is 2. The Morgan fingerprint density at radius 1 is 0.957 bits per heavy atom. The van der Waals surface area contributed by atoms with Crippen LogP contribution in [-0.4, -0.2) is 23.5 Å². The minimum absolute atomic E-state index is 0.0628. The number of hydrogen-bond donors (Lipinski definition) is 0. The normalized spacial score (nSPS) is 15.9. The lowest BCUT2D eigenvalue weighted by atomic mass is 10.0. The highest BCUT2D eigenvalue weighted by atomic mass is 16.5. The van der Waals surface area contributed by atoms with Gasteiger partial charge in [-0.15, -0.1) is 0 Å². The summed E-state index contributed by atoms with van der Waals surface area (Å²) in [4.78, 5) is 14.7. The molecular weight excluding hydrogens is 286 g/mol. The highest BCUT2D eigenvalue weighted by Crippen LogP contribution is 2.38. The first-order chi connectivity index (χ1) is 10.9. The molecule has 0 unspecified atom stereocenters. The molecule has 0 saturated carbocycles. The van der Waals surface area contributed by atoms with Crippen molar-refractivity contribution in [3.05, 3.63) is 65.2 Å². The summed E-state index contributed by atoms with van der Waals surface area (Å²) in [6.07, 6.45) is 2.06. The van der Waals surface area contributed by atoms with Gasteiger partial charge in [-0.3, -0.25) is 4.79 Å². The first kappa shape index (κ1) is 15.3. The maximum atomic E-state index is 12.8. The first-order valence-corrected chi connectivity index (χ1v) is 7.71. The van der Waals surface area contributed by atoms with Gasteiger partial charge in [0.25, 0.3) is 5.91 Å². The Kier molecular flexibility index (Phi) is 3.72. The second-order valence-electron chi connectivity index (χ2n) is 6.66. The number of amides is 1. The summed E-state index contributed by atoms with van der Waals surface area (Å²) in [5.74, 6) is 0.885. The molecule has 0 aromatic heterocycles. The van der Waals surface area contributed by atoms with Gasteiger partial charge in [0.15, 0.2) is 0 Å². The molecule has 1 heterocycles. The fraction of sp³-hybridized carbons (Fsp3) is 0.250. The van der Waals surface area contributed by atoms with Gasteiger partial charge in [0, 0.05) is 16.7 Å². The Morgan fingerprint density at radius 3 is 2.13 bits per heavy atom. The average Bonchev–Trinajstić information content (AvgIpc) is 2.81. The molecule has 1 aliphatic heterocycles. The van der Waals surface area contributed by atoms with Gasteiger partial charge in [0.1, 0.15) is 5.75 Å². The molecule has 0 atom stereocenters. The van der Waals surface area contributed by atoms with E-state index in [1.807, 2.05) is 53.4 Å². The molecule has 2 aromatic carbocycles. The van der Waals surface area contributed by atoms with Gasteiger partial charge in [-0.2, -0.15) is 0 Å². The maximum Gasteiger partial charge on any atom is 0.259 e. The number of methoxy groups -OCH3 is 1. The van der Waals surface area contributed by atoms with Gasteiger partial charge in [-0.25, -0.2) is 0 Å². The number of fused-ring (bicyclic) bond motifs is 1. The maximum absolute atomic E-state index is 12.8. The number of nitrogens with zero attached hydrogens (tertiary/aromatic N) is 1. The summed E-state index contributed by atoms with van der Waals surface area (Å²) in [6.45, 7) is 6.16. The fourth-order valence-corrected chi connectivity index (χ4v) is 2.91. The zero-order chi connectivity index (χ0) is 16.6. The second kappa shape index (κ2) is 5.58. The van der Waals surface area contributed by atoms with E-state index in [9.17, 15) is 4.79 Å². The molecule has 0 spiro atoms. The number of hydrogen-bond acceptors (Lipinski definition) is 2. The molecule has 2 aromatic rings. The van der Waals surface area contributed by atoms with Crippen molar-refractivity contribution in [2.45, 2.75) is 26.3 Å². The standard InChI is InChI=1S/C20H21NO2/c1-20(2,3)21-18(13-14-9-11-15(23-4)12-10-14)16-7-5-6-8-17(16)19(21)22/h5-13H,1-4H3/b18-13+. The molecule has 3 heteroatoms. The summed E-state index contributed by atoms with van der Waals surface area (Å²) in [5.41, 5.74) is 3.46. The summed E-state index contributed by atoms with van der Waals surface area (Å²) in [6, 6.07) is 15.6. The summed E-state index contributed by atoms with van der Waals surface area (Å²) in [7, 11) is 1.65. The van der Waals surface area contributed by atoms with E-state index in [0.717, 1.165) is 28.1 Å². The van der Waals surface area contributed by atoms with Crippen LogP contribution in [0.3, 0.4) is 0 Å². The van der Waals surface area contributed by atoms with Crippen LogP contribution in [0.4, 0.5) is 0 Å². The molecule has 0 N–H and O–H groups in total. The zero-order valence-corrected chi connectivity index (χ0v) is 14.0. The van der Waals surface area contributed by atoms with Crippen molar-refractivity contribution in [3.63, 3.8) is 0 Å². The van der Waals surface area contributed by atoms with Gasteiger partial charge in [0.05, 0.1) is 12.8 Å². The first-order valence-electron chi connectivity index (χ1n) is 7.71. The van der Waals surface area contributed by atoms with Gasteiger partial charge in [-0.05, 0) is 50.6 Å².